The van der Waals surface area contributed by atoms with Crippen molar-refractivity contribution in [3.8, 4) is 17.2 Å². The maximum Gasteiger partial charge on any atom is 0.314 e. The van der Waals surface area contributed by atoms with E-state index in [2.05, 4.69) is 5.32 Å². The van der Waals surface area contributed by atoms with Gasteiger partial charge in [0.2, 0.25) is 5.75 Å². The van der Waals surface area contributed by atoms with Crippen LogP contribution in [-0.4, -0.2) is 33.1 Å². The second-order valence-corrected chi connectivity index (χ2v) is 8.39. The summed E-state index contributed by atoms with van der Waals surface area (Å²) in [5, 5.41) is 3.41. The van der Waals surface area contributed by atoms with Gasteiger partial charge in [0.25, 0.3) is 0 Å². The number of ether oxygens (including phenoxy) is 4. The van der Waals surface area contributed by atoms with Crippen LogP contribution < -0.4 is 19.5 Å². The van der Waals surface area contributed by atoms with Crippen molar-refractivity contribution in [3.63, 3.8) is 0 Å². The number of ketones is 1. The maximum atomic E-state index is 14.3. The zero-order chi connectivity index (χ0) is 24.7. The molecule has 0 saturated heterocycles. The molecule has 3 aromatic rings. The number of anilines is 1. The first-order valence-corrected chi connectivity index (χ1v) is 11.1. The standard InChI is InChI=1S/C27H24FNO6/c1-32-19-12-16-21(26(25(19)33-2)35-13-14-8-4-6-10-17(14)28)24(30)22-20(27(31)34-3)15-9-5-7-11-18(15)29-23(16)22/h4-12,20,22-23,29H,13H2,1-3H3/t20-,22-,23-/m0/s1. The van der Waals surface area contributed by atoms with Crippen molar-refractivity contribution >= 4 is 17.4 Å². The Kier molecular flexibility index (Phi) is 5.80. The van der Waals surface area contributed by atoms with Crippen molar-refractivity contribution < 1.29 is 32.9 Å². The summed E-state index contributed by atoms with van der Waals surface area (Å²) >= 11 is 0. The molecule has 5 rings (SSSR count). The highest BCUT2D eigenvalue weighted by atomic mass is 19.1. The van der Waals surface area contributed by atoms with Crippen LogP contribution in [0.2, 0.25) is 0 Å². The molecule has 0 fully saturated rings. The monoisotopic (exact) mass is 477 g/mol. The average Bonchev–Trinajstić information content (AvgIpc) is 3.16. The molecule has 1 heterocycles. The molecule has 0 amide bonds. The maximum absolute atomic E-state index is 14.3. The van der Waals surface area contributed by atoms with E-state index in [1.54, 1.807) is 24.3 Å². The number of hydrogen-bond donors (Lipinski definition) is 1. The number of nitrogens with one attached hydrogen (secondary N) is 1. The van der Waals surface area contributed by atoms with Crippen LogP contribution in [0.15, 0.2) is 54.6 Å². The SMILES string of the molecule is COC(=O)[C@H]1c2ccccc2N[C@H]2c3cc(OC)c(OC)c(OCc4ccccc4F)c3C(=O)[C@H]21. The predicted octanol–water partition coefficient (Wildman–Crippen LogP) is 4.66. The largest absolute Gasteiger partial charge is 0.493 e. The number of Topliss-reactive ketones (excluding diaryl/α,β-unsaturated/α-hetero) is 1. The van der Waals surface area contributed by atoms with Crippen molar-refractivity contribution in [3.05, 3.63) is 82.7 Å². The van der Waals surface area contributed by atoms with Crippen LogP contribution in [-0.2, 0) is 16.1 Å². The zero-order valence-electron chi connectivity index (χ0n) is 19.5. The molecule has 8 heteroatoms. The molecule has 2 aliphatic rings. The van der Waals surface area contributed by atoms with Gasteiger partial charge >= 0.3 is 5.97 Å². The number of para-hydroxylation sites is 1. The molecule has 0 aromatic heterocycles. The Labute approximate surface area is 201 Å². The van der Waals surface area contributed by atoms with Crippen LogP contribution in [0.25, 0.3) is 0 Å². The second-order valence-electron chi connectivity index (χ2n) is 8.39. The van der Waals surface area contributed by atoms with Crippen LogP contribution in [0, 0.1) is 11.7 Å². The van der Waals surface area contributed by atoms with Crippen molar-refractivity contribution in [2.45, 2.75) is 18.6 Å². The fraction of sp³-hybridized carbons (Fsp3) is 0.259. The molecule has 0 bridgehead atoms. The lowest BCUT2D eigenvalue weighted by Gasteiger charge is -2.34. The molecule has 180 valence electrons. The summed E-state index contributed by atoms with van der Waals surface area (Å²) in [6.45, 7) is -0.126. The second kappa shape index (κ2) is 8.94. The first kappa shape index (κ1) is 22.7. The van der Waals surface area contributed by atoms with E-state index in [1.807, 2.05) is 24.3 Å². The fourth-order valence-corrected chi connectivity index (χ4v) is 5.07. The summed E-state index contributed by atoms with van der Waals surface area (Å²) < 4.78 is 36.5. The van der Waals surface area contributed by atoms with Crippen molar-refractivity contribution in [2.24, 2.45) is 5.92 Å². The van der Waals surface area contributed by atoms with Crippen molar-refractivity contribution in [2.75, 3.05) is 26.6 Å². The van der Waals surface area contributed by atoms with Gasteiger partial charge in [0.05, 0.1) is 44.8 Å². The summed E-state index contributed by atoms with van der Waals surface area (Å²) in [4.78, 5) is 26.9. The molecular formula is C27H24FNO6. The third-order valence-electron chi connectivity index (χ3n) is 6.65. The van der Waals surface area contributed by atoms with Crippen LogP contribution in [0.5, 0.6) is 17.2 Å². The quantitative estimate of drug-likeness (QED) is 0.517. The van der Waals surface area contributed by atoms with Crippen LogP contribution >= 0.6 is 0 Å². The molecule has 0 spiro atoms. The lowest BCUT2D eigenvalue weighted by Crippen LogP contribution is -2.36. The van der Waals surface area contributed by atoms with Gasteiger partial charge in [-0.1, -0.05) is 36.4 Å². The molecular weight excluding hydrogens is 453 g/mol. The van der Waals surface area contributed by atoms with E-state index in [0.717, 1.165) is 5.69 Å². The van der Waals surface area contributed by atoms with Crippen LogP contribution in [0.1, 0.15) is 39.0 Å². The highest BCUT2D eigenvalue weighted by Crippen LogP contribution is 2.56. The van der Waals surface area contributed by atoms with E-state index < -0.39 is 29.7 Å². The molecule has 3 aromatic carbocycles. The molecule has 1 aliphatic carbocycles. The summed E-state index contributed by atoms with van der Waals surface area (Å²) in [6.07, 6.45) is 0. The van der Waals surface area contributed by atoms with Gasteiger partial charge in [-0.25, -0.2) is 4.39 Å². The Bertz CT molecular complexity index is 1320. The number of halogens is 1. The zero-order valence-corrected chi connectivity index (χ0v) is 19.5. The molecule has 1 N–H and O–H groups in total. The van der Waals surface area contributed by atoms with Gasteiger partial charge < -0.3 is 24.3 Å². The Morgan fingerprint density at radius 2 is 1.71 bits per heavy atom. The molecule has 35 heavy (non-hydrogen) atoms. The summed E-state index contributed by atoms with van der Waals surface area (Å²) in [5.74, 6) is -2.04. The van der Waals surface area contributed by atoms with Gasteiger partial charge in [-0.15, -0.1) is 0 Å². The van der Waals surface area contributed by atoms with E-state index in [1.165, 1.54) is 27.4 Å². The van der Waals surface area contributed by atoms with Gasteiger partial charge in [0.15, 0.2) is 17.3 Å². The van der Waals surface area contributed by atoms with E-state index in [9.17, 15) is 14.0 Å². The van der Waals surface area contributed by atoms with Crippen molar-refractivity contribution in [1.82, 2.24) is 0 Å². The molecule has 3 atom stereocenters. The highest BCUT2D eigenvalue weighted by molar-refractivity contribution is 6.10. The van der Waals surface area contributed by atoms with Gasteiger partial charge in [-0.3, -0.25) is 9.59 Å². The third-order valence-corrected chi connectivity index (χ3v) is 6.65. The molecule has 1 aliphatic heterocycles. The number of benzene rings is 3. The van der Waals surface area contributed by atoms with Gasteiger partial charge in [0, 0.05) is 11.3 Å². The Morgan fingerprint density at radius 3 is 2.43 bits per heavy atom. The van der Waals surface area contributed by atoms with Gasteiger partial charge in [-0.05, 0) is 29.3 Å². The Hall–Kier alpha value is -4.07. The lowest BCUT2D eigenvalue weighted by molar-refractivity contribution is -0.143. The topological polar surface area (TPSA) is 83.1 Å². The number of fused-ring (bicyclic) bond motifs is 4. The minimum atomic E-state index is -0.807. The molecule has 0 radical (unpaired) electrons. The minimum absolute atomic E-state index is 0.126. The fourth-order valence-electron chi connectivity index (χ4n) is 5.07. The summed E-state index contributed by atoms with van der Waals surface area (Å²) in [7, 11) is 4.24. The molecule has 7 nitrogen and oxygen atoms in total. The predicted molar refractivity (Wildman–Crippen MR) is 126 cm³/mol. The lowest BCUT2D eigenvalue weighted by atomic mass is 9.77. The van der Waals surface area contributed by atoms with Gasteiger partial charge in [0.1, 0.15) is 12.4 Å². The molecule has 0 unspecified atom stereocenters. The van der Waals surface area contributed by atoms with Gasteiger partial charge in [-0.2, -0.15) is 0 Å². The number of rotatable bonds is 6. The third kappa shape index (κ3) is 3.56. The summed E-state index contributed by atoms with van der Waals surface area (Å²) in [5.41, 5.74) is 2.66. The average molecular weight is 477 g/mol. The van der Waals surface area contributed by atoms with E-state index >= 15 is 0 Å². The van der Waals surface area contributed by atoms with E-state index in [-0.39, 0.29) is 29.5 Å². The van der Waals surface area contributed by atoms with Crippen LogP contribution in [0.3, 0.4) is 0 Å². The number of carbonyl (C=O) groups is 2. The minimum Gasteiger partial charge on any atom is -0.493 e. The normalized spacial score (nSPS) is 19.7. The number of hydrogen-bond acceptors (Lipinski definition) is 7. The highest BCUT2D eigenvalue weighted by Gasteiger charge is 2.53. The van der Waals surface area contributed by atoms with Crippen LogP contribution in [0.4, 0.5) is 10.1 Å². The molecule has 0 saturated carbocycles. The smallest absolute Gasteiger partial charge is 0.314 e. The first-order chi connectivity index (χ1) is 17.0. The first-order valence-electron chi connectivity index (χ1n) is 11.1. The Morgan fingerprint density at radius 1 is 0.971 bits per heavy atom. The number of methoxy groups -OCH3 is 3. The number of esters is 1. The number of carbonyl (C=O) groups excluding carboxylic acids is 2. The van der Waals surface area contributed by atoms with Crippen molar-refractivity contribution in [1.29, 1.82) is 0 Å². The van der Waals surface area contributed by atoms with E-state index in [0.29, 0.717) is 22.4 Å². The van der Waals surface area contributed by atoms with E-state index in [4.69, 9.17) is 18.9 Å². The summed E-state index contributed by atoms with van der Waals surface area (Å²) in [6, 6.07) is 14.8. The Balaban J connectivity index is 1.66.